The summed E-state index contributed by atoms with van der Waals surface area (Å²) in [6, 6.07) is 6.35. The molecule has 7 nitrogen and oxygen atoms in total. The third-order valence-electron chi connectivity index (χ3n) is 4.08. The Hall–Kier alpha value is -3.22. The lowest BCUT2D eigenvalue weighted by Gasteiger charge is -2.17. The molecule has 0 N–H and O–H groups in total. The maximum Gasteiger partial charge on any atom is 0.221 e. The van der Waals surface area contributed by atoms with Gasteiger partial charge in [-0.25, -0.2) is 14.6 Å². The minimum absolute atomic E-state index is 0.491. The van der Waals surface area contributed by atoms with E-state index in [0.29, 0.717) is 35.9 Å². The van der Waals surface area contributed by atoms with Crippen LogP contribution in [0.15, 0.2) is 37.1 Å². The molecule has 0 fully saturated rings. The lowest BCUT2D eigenvalue weighted by Crippen LogP contribution is -2.11. The number of anilines is 1. The Labute approximate surface area is 159 Å². The second-order valence-electron chi connectivity index (χ2n) is 6.29. The maximum absolute atomic E-state index is 5.43. The minimum Gasteiger partial charge on any atom is -0.492 e. The van der Waals surface area contributed by atoms with Crippen molar-refractivity contribution in [3.05, 3.63) is 53.9 Å². The molecule has 2 heterocycles. The normalized spacial score (nSPS) is 11.3. The molecule has 0 saturated heterocycles. The average Bonchev–Trinajstić information content (AvgIpc) is 3.04. The molecule has 2 aromatic heterocycles. The molecule has 0 aliphatic heterocycles. The molecule has 3 aromatic rings. The Kier molecular flexibility index (Phi) is 5.49. The molecule has 0 unspecified atom stereocenters. The number of hydrogen-bond donors (Lipinski definition) is 0. The molecule has 27 heavy (non-hydrogen) atoms. The largest absolute Gasteiger partial charge is 0.492 e. The molecular formula is C20H24N6O. The van der Waals surface area contributed by atoms with Crippen LogP contribution in [0.2, 0.25) is 0 Å². The molecule has 0 aliphatic carbocycles. The summed E-state index contributed by atoms with van der Waals surface area (Å²) < 4.78 is 7.18. The Balaban J connectivity index is 1.95. The third-order valence-corrected chi connectivity index (χ3v) is 4.08. The van der Waals surface area contributed by atoms with Crippen molar-refractivity contribution in [2.45, 2.75) is 20.4 Å². The van der Waals surface area contributed by atoms with E-state index in [4.69, 9.17) is 4.74 Å². The first kappa shape index (κ1) is 18.6. The summed E-state index contributed by atoms with van der Waals surface area (Å²) in [6.45, 7) is 8.89. The van der Waals surface area contributed by atoms with Crippen LogP contribution in [0.25, 0.3) is 23.1 Å². The molecule has 0 aliphatic rings. The van der Waals surface area contributed by atoms with Crippen LogP contribution in [0.4, 0.5) is 5.69 Å². The highest BCUT2D eigenvalue weighted by atomic mass is 16.5. The Morgan fingerprint density at radius 3 is 2.85 bits per heavy atom. The van der Waals surface area contributed by atoms with E-state index in [1.54, 1.807) is 10.9 Å². The molecule has 0 atom stereocenters. The summed E-state index contributed by atoms with van der Waals surface area (Å²) in [5, 5.41) is 8.33. The van der Waals surface area contributed by atoms with Gasteiger partial charge in [0.15, 0.2) is 5.65 Å². The number of rotatable bonds is 7. The zero-order valence-corrected chi connectivity index (χ0v) is 16.2. The van der Waals surface area contributed by atoms with E-state index in [0.717, 1.165) is 16.8 Å². The first-order valence-corrected chi connectivity index (χ1v) is 8.84. The highest BCUT2D eigenvalue weighted by molar-refractivity contribution is 5.69. The number of benzene rings is 1. The maximum atomic E-state index is 5.43. The Bertz CT molecular complexity index is 989. The van der Waals surface area contributed by atoms with Crippen molar-refractivity contribution >= 4 is 28.8 Å². The highest BCUT2D eigenvalue weighted by Crippen LogP contribution is 2.23. The van der Waals surface area contributed by atoms with Crippen LogP contribution < -0.4 is 4.90 Å². The molecule has 0 saturated carbocycles. The fraction of sp³-hybridized carbons (Fsp3) is 0.300. The third kappa shape index (κ3) is 3.97. The topological polar surface area (TPSA) is 69.0 Å². The molecule has 0 amide bonds. The van der Waals surface area contributed by atoms with Gasteiger partial charge in [-0.2, -0.15) is 0 Å². The fourth-order valence-electron chi connectivity index (χ4n) is 2.84. The summed E-state index contributed by atoms with van der Waals surface area (Å²) in [5.41, 5.74) is 5.12. The van der Waals surface area contributed by atoms with Crippen molar-refractivity contribution in [2.24, 2.45) is 0 Å². The summed E-state index contributed by atoms with van der Waals surface area (Å²) in [5.74, 6) is 0.491. The van der Waals surface area contributed by atoms with Gasteiger partial charge in [-0.1, -0.05) is 30.0 Å². The predicted molar refractivity (Wildman–Crippen MR) is 108 cm³/mol. The molecule has 0 radical (unpaired) electrons. The van der Waals surface area contributed by atoms with E-state index in [1.807, 2.05) is 34.0 Å². The first-order chi connectivity index (χ1) is 13.0. The zero-order chi connectivity index (χ0) is 19.4. The van der Waals surface area contributed by atoms with Crippen molar-refractivity contribution < 1.29 is 4.74 Å². The van der Waals surface area contributed by atoms with E-state index in [9.17, 15) is 0 Å². The van der Waals surface area contributed by atoms with Crippen molar-refractivity contribution in [2.75, 3.05) is 25.6 Å². The fourth-order valence-corrected chi connectivity index (χ4v) is 2.84. The lowest BCUT2D eigenvalue weighted by molar-refractivity contribution is 0.297. The van der Waals surface area contributed by atoms with Gasteiger partial charge in [-0.3, -0.25) is 0 Å². The second-order valence-corrected chi connectivity index (χ2v) is 6.29. The van der Waals surface area contributed by atoms with Crippen LogP contribution >= 0.6 is 0 Å². The van der Waals surface area contributed by atoms with Crippen LogP contribution in [0.5, 0.6) is 0 Å². The molecule has 140 valence electrons. The van der Waals surface area contributed by atoms with Gasteiger partial charge < -0.3 is 9.64 Å². The van der Waals surface area contributed by atoms with Gasteiger partial charge in [-0.15, -0.1) is 5.10 Å². The predicted octanol–water partition coefficient (Wildman–Crippen LogP) is 3.38. The molecule has 7 heteroatoms. The van der Waals surface area contributed by atoms with Crippen LogP contribution in [0.3, 0.4) is 0 Å². The quantitative estimate of drug-likeness (QED) is 0.599. The molecular weight excluding hydrogens is 340 g/mol. The first-order valence-electron chi connectivity index (χ1n) is 8.84. The van der Waals surface area contributed by atoms with Crippen molar-refractivity contribution in [1.29, 1.82) is 0 Å². The summed E-state index contributed by atoms with van der Waals surface area (Å²) in [7, 11) is 4.07. The standard InChI is InChI=1S/C20H24N6O/c1-6-8-16-11-15(9-10-18(16)25(4)5)13-26-20-19(23-24-26)21-12-17(22-20)14(3)27-7-2/h6,8-12H,3,7,13H2,1-2,4-5H3/b8-6-. The van der Waals surface area contributed by atoms with Gasteiger partial charge in [0.1, 0.15) is 11.5 Å². The number of nitrogens with zero attached hydrogens (tertiary/aromatic N) is 6. The van der Waals surface area contributed by atoms with E-state index in [2.05, 4.69) is 56.0 Å². The van der Waals surface area contributed by atoms with Gasteiger partial charge in [-0.05, 0) is 37.1 Å². The average molecular weight is 364 g/mol. The van der Waals surface area contributed by atoms with Crippen LogP contribution in [-0.2, 0) is 11.3 Å². The Morgan fingerprint density at radius 2 is 2.15 bits per heavy atom. The van der Waals surface area contributed by atoms with Gasteiger partial charge in [0.2, 0.25) is 5.65 Å². The molecule has 0 spiro atoms. The number of ether oxygens (including phenoxy) is 1. The van der Waals surface area contributed by atoms with Crippen molar-refractivity contribution in [1.82, 2.24) is 25.0 Å². The van der Waals surface area contributed by atoms with E-state index >= 15 is 0 Å². The number of allylic oxidation sites excluding steroid dienone is 1. The summed E-state index contributed by atoms with van der Waals surface area (Å²) >= 11 is 0. The van der Waals surface area contributed by atoms with E-state index in [1.165, 1.54) is 0 Å². The highest BCUT2D eigenvalue weighted by Gasteiger charge is 2.12. The zero-order valence-electron chi connectivity index (χ0n) is 16.2. The molecule has 1 aromatic carbocycles. The number of aromatic nitrogens is 5. The summed E-state index contributed by atoms with van der Waals surface area (Å²) in [6.07, 6.45) is 5.74. The van der Waals surface area contributed by atoms with Gasteiger partial charge in [0.05, 0.1) is 19.3 Å². The number of fused-ring (bicyclic) bond motifs is 1. The van der Waals surface area contributed by atoms with E-state index in [-0.39, 0.29) is 0 Å². The number of hydrogen-bond acceptors (Lipinski definition) is 6. The monoisotopic (exact) mass is 364 g/mol. The van der Waals surface area contributed by atoms with Gasteiger partial charge in [0.25, 0.3) is 0 Å². The van der Waals surface area contributed by atoms with Gasteiger partial charge >= 0.3 is 0 Å². The van der Waals surface area contributed by atoms with Crippen LogP contribution in [0, 0.1) is 0 Å². The molecule has 0 bridgehead atoms. The second kappa shape index (κ2) is 7.99. The van der Waals surface area contributed by atoms with Crippen molar-refractivity contribution in [3.63, 3.8) is 0 Å². The van der Waals surface area contributed by atoms with Crippen LogP contribution in [0.1, 0.15) is 30.7 Å². The lowest BCUT2D eigenvalue weighted by atomic mass is 10.1. The van der Waals surface area contributed by atoms with E-state index < -0.39 is 0 Å². The molecule has 3 rings (SSSR count). The van der Waals surface area contributed by atoms with Crippen LogP contribution in [-0.4, -0.2) is 45.7 Å². The van der Waals surface area contributed by atoms with Crippen molar-refractivity contribution in [3.8, 4) is 0 Å². The minimum atomic E-state index is 0.491. The SMILES string of the molecule is C=C(OCC)c1cnc2nnn(Cc3ccc(N(C)C)c(/C=C\C)c3)c2n1. The Morgan fingerprint density at radius 1 is 1.33 bits per heavy atom. The summed E-state index contributed by atoms with van der Waals surface area (Å²) in [4.78, 5) is 11.0. The smallest absolute Gasteiger partial charge is 0.221 e. The van der Waals surface area contributed by atoms with Gasteiger partial charge in [0, 0.05) is 19.8 Å².